The van der Waals surface area contributed by atoms with E-state index in [0.717, 1.165) is 29.4 Å². The van der Waals surface area contributed by atoms with Crippen molar-refractivity contribution >= 4 is 11.5 Å². The summed E-state index contributed by atoms with van der Waals surface area (Å²) in [4.78, 5) is 4.52. The number of aromatic nitrogens is 2. The van der Waals surface area contributed by atoms with Crippen LogP contribution in [0.5, 0.6) is 0 Å². The third kappa shape index (κ3) is 2.59. The fraction of sp³-hybridized carbons (Fsp3) is 0.176. The second kappa shape index (κ2) is 5.68. The summed E-state index contributed by atoms with van der Waals surface area (Å²) in [5.74, 6) is 0.960. The molecule has 0 amide bonds. The molecule has 104 valence electrons. The minimum absolute atomic E-state index is 0.358. The third-order valence-electron chi connectivity index (χ3n) is 3.50. The van der Waals surface area contributed by atoms with Gasteiger partial charge in [0.15, 0.2) is 0 Å². The Labute approximate surface area is 123 Å². The quantitative estimate of drug-likeness (QED) is 0.795. The number of nitrogens with one attached hydrogen (secondary N) is 1. The summed E-state index contributed by atoms with van der Waals surface area (Å²) in [5, 5.41) is 12.4. The van der Waals surface area contributed by atoms with Crippen molar-refractivity contribution < 1.29 is 0 Å². The van der Waals surface area contributed by atoms with E-state index in [-0.39, 0.29) is 0 Å². The Morgan fingerprint density at radius 2 is 1.95 bits per heavy atom. The first-order chi connectivity index (χ1) is 10.3. The molecule has 1 N–H and O–H groups in total. The molecule has 21 heavy (non-hydrogen) atoms. The Hall–Kier alpha value is -2.80. The molecule has 0 radical (unpaired) electrons. The van der Waals surface area contributed by atoms with Crippen LogP contribution in [0.3, 0.4) is 0 Å². The van der Waals surface area contributed by atoms with Gasteiger partial charge in [-0.2, -0.15) is 5.26 Å². The van der Waals surface area contributed by atoms with Crippen LogP contribution in [-0.4, -0.2) is 9.38 Å². The maximum Gasteiger partial charge on any atom is 0.138 e. The molecule has 4 nitrogen and oxygen atoms in total. The zero-order valence-electron chi connectivity index (χ0n) is 11.9. The lowest BCUT2D eigenvalue weighted by atomic mass is 10.2. The van der Waals surface area contributed by atoms with Crippen LogP contribution in [0.15, 0.2) is 48.5 Å². The Morgan fingerprint density at radius 3 is 2.71 bits per heavy atom. The van der Waals surface area contributed by atoms with E-state index in [1.54, 1.807) is 0 Å². The number of nitrogens with zero attached hydrogens (tertiary/aromatic N) is 3. The van der Waals surface area contributed by atoms with Crippen LogP contribution in [0.4, 0.5) is 5.82 Å². The zero-order valence-corrected chi connectivity index (χ0v) is 11.9. The van der Waals surface area contributed by atoms with Gasteiger partial charge >= 0.3 is 0 Å². The van der Waals surface area contributed by atoms with Crippen LogP contribution >= 0.6 is 0 Å². The number of imidazole rings is 1. The van der Waals surface area contributed by atoms with Crippen molar-refractivity contribution in [3.05, 3.63) is 65.5 Å². The zero-order chi connectivity index (χ0) is 14.7. The molecule has 3 rings (SSSR count). The van der Waals surface area contributed by atoms with E-state index in [9.17, 15) is 0 Å². The fourth-order valence-electron chi connectivity index (χ4n) is 2.48. The van der Waals surface area contributed by atoms with E-state index in [2.05, 4.69) is 28.5 Å². The highest BCUT2D eigenvalue weighted by Gasteiger charge is 2.11. The van der Waals surface area contributed by atoms with Crippen LogP contribution in [0.1, 0.15) is 17.0 Å². The van der Waals surface area contributed by atoms with Gasteiger partial charge in [0.1, 0.15) is 11.5 Å². The molecule has 0 atom stereocenters. The van der Waals surface area contributed by atoms with Crippen molar-refractivity contribution in [3.8, 4) is 6.07 Å². The molecule has 0 spiro atoms. The molecular weight excluding hydrogens is 260 g/mol. The second-order valence-corrected chi connectivity index (χ2v) is 4.92. The van der Waals surface area contributed by atoms with Gasteiger partial charge in [-0.25, -0.2) is 4.98 Å². The average Bonchev–Trinajstić information content (AvgIpc) is 2.83. The molecular formula is C17H16N4. The summed E-state index contributed by atoms with van der Waals surface area (Å²) in [5.41, 5.74) is 3.94. The van der Waals surface area contributed by atoms with E-state index in [1.807, 2.05) is 47.7 Å². The van der Waals surface area contributed by atoms with Gasteiger partial charge in [-0.3, -0.25) is 4.40 Å². The van der Waals surface area contributed by atoms with Gasteiger partial charge in [0.05, 0.1) is 23.9 Å². The standard InChI is InChI=1S/C17H16N4/c1-13-15(10-11-18)21-16(8-5-9-17(21)20-13)19-12-14-6-3-2-4-7-14/h2-9,19H,10,12H2,1H3. The van der Waals surface area contributed by atoms with Crippen molar-refractivity contribution in [2.75, 3.05) is 5.32 Å². The van der Waals surface area contributed by atoms with Crippen molar-refractivity contribution in [2.24, 2.45) is 0 Å². The van der Waals surface area contributed by atoms with E-state index in [1.165, 1.54) is 5.56 Å². The molecule has 3 aromatic rings. The molecule has 0 saturated heterocycles. The van der Waals surface area contributed by atoms with Crippen molar-refractivity contribution in [3.63, 3.8) is 0 Å². The Balaban J connectivity index is 1.96. The lowest BCUT2D eigenvalue weighted by Crippen LogP contribution is -2.06. The summed E-state index contributed by atoms with van der Waals surface area (Å²) >= 11 is 0. The largest absolute Gasteiger partial charge is 0.367 e. The highest BCUT2D eigenvalue weighted by atomic mass is 15.1. The van der Waals surface area contributed by atoms with E-state index < -0.39 is 0 Å². The predicted octanol–water partition coefficient (Wildman–Crippen LogP) is 3.32. The lowest BCUT2D eigenvalue weighted by Gasteiger charge is -2.11. The predicted molar refractivity (Wildman–Crippen MR) is 83.0 cm³/mol. The number of hydrogen-bond acceptors (Lipinski definition) is 3. The Morgan fingerprint density at radius 1 is 1.14 bits per heavy atom. The molecule has 0 saturated carbocycles. The number of hydrogen-bond donors (Lipinski definition) is 1. The van der Waals surface area contributed by atoms with Crippen molar-refractivity contribution in [1.82, 2.24) is 9.38 Å². The summed E-state index contributed by atoms with van der Waals surface area (Å²) in [6.45, 7) is 2.68. The van der Waals surface area contributed by atoms with Gasteiger partial charge in [-0.1, -0.05) is 36.4 Å². The van der Waals surface area contributed by atoms with Crippen LogP contribution in [0.25, 0.3) is 5.65 Å². The van der Waals surface area contributed by atoms with Gasteiger partial charge < -0.3 is 5.32 Å². The number of nitriles is 1. The average molecular weight is 276 g/mol. The molecule has 0 unspecified atom stereocenters. The van der Waals surface area contributed by atoms with Gasteiger partial charge in [0.2, 0.25) is 0 Å². The number of fused-ring (bicyclic) bond motifs is 1. The number of aryl methyl sites for hydroxylation is 1. The number of anilines is 1. The van der Waals surface area contributed by atoms with E-state index in [0.29, 0.717) is 6.42 Å². The highest BCUT2D eigenvalue weighted by molar-refractivity contribution is 5.54. The molecule has 0 bridgehead atoms. The number of rotatable bonds is 4. The van der Waals surface area contributed by atoms with Gasteiger partial charge in [-0.15, -0.1) is 0 Å². The lowest BCUT2D eigenvalue weighted by molar-refractivity contribution is 1.01. The normalized spacial score (nSPS) is 10.5. The number of pyridine rings is 1. The highest BCUT2D eigenvalue weighted by Crippen LogP contribution is 2.19. The summed E-state index contributed by atoms with van der Waals surface area (Å²) in [7, 11) is 0. The van der Waals surface area contributed by atoms with Crippen molar-refractivity contribution in [2.45, 2.75) is 19.9 Å². The first-order valence-corrected chi connectivity index (χ1v) is 6.91. The maximum atomic E-state index is 9.01. The van der Waals surface area contributed by atoms with Crippen LogP contribution < -0.4 is 5.32 Å². The molecule has 0 aliphatic heterocycles. The fourth-order valence-corrected chi connectivity index (χ4v) is 2.48. The summed E-state index contributed by atoms with van der Waals surface area (Å²) in [6.07, 6.45) is 0.358. The van der Waals surface area contributed by atoms with E-state index in [4.69, 9.17) is 5.26 Å². The third-order valence-corrected chi connectivity index (χ3v) is 3.50. The molecule has 0 aliphatic rings. The van der Waals surface area contributed by atoms with Crippen LogP contribution in [0, 0.1) is 18.3 Å². The molecule has 0 aliphatic carbocycles. The molecule has 2 heterocycles. The second-order valence-electron chi connectivity index (χ2n) is 4.92. The minimum atomic E-state index is 0.358. The van der Waals surface area contributed by atoms with Gasteiger partial charge in [0.25, 0.3) is 0 Å². The van der Waals surface area contributed by atoms with Gasteiger partial charge in [0, 0.05) is 6.54 Å². The van der Waals surface area contributed by atoms with Crippen LogP contribution in [0.2, 0.25) is 0 Å². The van der Waals surface area contributed by atoms with Crippen LogP contribution in [-0.2, 0) is 13.0 Å². The Kier molecular flexibility index (Phi) is 3.57. The molecule has 0 fully saturated rings. The van der Waals surface area contributed by atoms with Crippen molar-refractivity contribution in [1.29, 1.82) is 5.26 Å². The SMILES string of the molecule is Cc1nc2cccc(NCc3ccccc3)n2c1CC#N. The Bertz CT molecular complexity index is 797. The van der Waals surface area contributed by atoms with Gasteiger partial charge in [-0.05, 0) is 24.6 Å². The first kappa shape index (κ1) is 13.2. The minimum Gasteiger partial charge on any atom is -0.367 e. The smallest absolute Gasteiger partial charge is 0.138 e. The topological polar surface area (TPSA) is 53.1 Å². The number of benzene rings is 1. The maximum absolute atomic E-state index is 9.01. The molecule has 1 aromatic carbocycles. The summed E-state index contributed by atoms with van der Waals surface area (Å²) in [6, 6.07) is 18.4. The summed E-state index contributed by atoms with van der Waals surface area (Å²) < 4.78 is 2.03. The van der Waals surface area contributed by atoms with E-state index >= 15 is 0 Å². The molecule has 4 heteroatoms. The molecule has 2 aromatic heterocycles. The monoisotopic (exact) mass is 276 g/mol. The first-order valence-electron chi connectivity index (χ1n) is 6.91.